The van der Waals surface area contributed by atoms with Crippen LogP contribution in [0.25, 0.3) is 10.9 Å². The van der Waals surface area contributed by atoms with E-state index in [1.54, 1.807) is 0 Å². The minimum atomic E-state index is -0.802. The number of aromatic nitrogens is 1. The van der Waals surface area contributed by atoms with Gasteiger partial charge in [0.15, 0.2) is 0 Å². The summed E-state index contributed by atoms with van der Waals surface area (Å²) < 4.78 is 0.950. The van der Waals surface area contributed by atoms with Gasteiger partial charge in [-0.05, 0) is 25.1 Å². The number of nitrogens with zero attached hydrogens (tertiary/aromatic N) is 2. The van der Waals surface area contributed by atoms with Gasteiger partial charge in [0.05, 0.1) is 0 Å². The van der Waals surface area contributed by atoms with Crippen molar-refractivity contribution < 1.29 is 9.90 Å². The highest BCUT2D eigenvalue weighted by molar-refractivity contribution is 9.10. The van der Waals surface area contributed by atoms with Gasteiger partial charge in [-0.2, -0.15) is 0 Å². The van der Waals surface area contributed by atoms with Gasteiger partial charge >= 0.3 is 5.97 Å². The number of piperazine rings is 1. The van der Waals surface area contributed by atoms with E-state index in [0.29, 0.717) is 0 Å². The van der Waals surface area contributed by atoms with Crippen LogP contribution in [-0.4, -0.2) is 58.6 Å². The number of halogens is 1. The fraction of sp³-hybridized carbons (Fsp3) is 0.389. The van der Waals surface area contributed by atoms with Gasteiger partial charge < -0.3 is 10.1 Å². The van der Waals surface area contributed by atoms with Crippen LogP contribution in [0, 0.1) is 0 Å². The first kappa shape index (κ1) is 17.2. The predicted octanol–water partition coefficient (Wildman–Crippen LogP) is 3.25. The number of carbonyl (C=O) groups is 1. The van der Waals surface area contributed by atoms with Crippen LogP contribution in [0.4, 0.5) is 0 Å². The molecular weight excluding hydrogens is 370 g/mol. The number of rotatable bonds is 5. The standard InChI is InChI=1S/C18H22BrN3O2/c1-12(2)11-21-5-7-22(8-6-21)17(18(23)24)15-10-20-16-4-3-13(19)9-14(15)16/h3-4,9-10,17,20H,1,5-8,11H2,2H3,(H,23,24)/t17-/m1/s1. The van der Waals surface area contributed by atoms with Gasteiger partial charge in [-0.15, -0.1) is 0 Å². The Bertz CT molecular complexity index is 763. The molecule has 128 valence electrons. The van der Waals surface area contributed by atoms with Crippen molar-refractivity contribution in [2.24, 2.45) is 0 Å². The van der Waals surface area contributed by atoms with Crippen LogP contribution in [0.1, 0.15) is 18.5 Å². The lowest BCUT2D eigenvalue weighted by molar-refractivity contribution is -0.144. The van der Waals surface area contributed by atoms with Gasteiger partial charge in [0.2, 0.25) is 0 Å². The summed E-state index contributed by atoms with van der Waals surface area (Å²) in [6, 6.07) is 5.27. The number of benzene rings is 1. The molecule has 1 atom stereocenters. The molecule has 1 aliphatic heterocycles. The molecule has 1 fully saturated rings. The van der Waals surface area contributed by atoms with E-state index < -0.39 is 12.0 Å². The van der Waals surface area contributed by atoms with Crippen molar-refractivity contribution in [1.29, 1.82) is 0 Å². The summed E-state index contributed by atoms with van der Waals surface area (Å²) in [6.07, 6.45) is 1.83. The monoisotopic (exact) mass is 391 g/mol. The number of fused-ring (bicyclic) bond motifs is 1. The molecule has 1 aromatic carbocycles. The second kappa shape index (κ2) is 7.09. The van der Waals surface area contributed by atoms with E-state index >= 15 is 0 Å². The van der Waals surface area contributed by atoms with Gasteiger partial charge in [0.1, 0.15) is 6.04 Å². The number of aromatic amines is 1. The molecule has 3 rings (SSSR count). The third-order valence-corrected chi connectivity index (χ3v) is 4.96. The number of nitrogens with one attached hydrogen (secondary N) is 1. The van der Waals surface area contributed by atoms with Crippen LogP contribution in [-0.2, 0) is 4.79 Å². The lowest BCUT2D eigenvalue weighted by Gasteiger charge is -2.37. The molecule has 6 heteroatoms. The maximum Gasteiger partial charge on any atom is 0.325 e. The van der Waals surface area contributed by atoms with Crippen molar-refractivity contribution in [3.63, 3.8) is 0 Å². The molecule has 1 aromatic heterocycles. The molecule has 0 aliphatic carbocycles. The number of carboxylic acid groups (broad SMARTS) is 1. The number of hydrogen-bond donors (Lipinski definition) is 2. The molecule has 0 saturated carbocycles. The Hall–Kier alpha value is -1.63. The topological polar surface area (TPSA) is 59.6 Å². The highest BCUT2D eigenvalue weighted by Gasteiger charge is 2.32. The summed E-state index contributed by atoms with van der Waals surface area (Å²) >= 11 is 3.47. The van der Waals surface area contributed by atoms with Crippen molar-refractivity contribution >= 4 is 32.8 Å². The maximum absolute atomic E-state index is 12.0. The molecule has 2 aromatic rings. The summed E-state index contributed by atoms with van der Waals surface area (Å²) in [7, 11) is 0. The Morgan fingerprint density at radius 2 is 2.08 bits per heavy atom. The Balaban J connectivity index is 1.84. The highest BCUT2D eigenvalue weighted by atomic mass is 79.9. The van der Waals surface area contributed by atoms with E-state index in [4.69, 9.17) is 0 Å². The quantitative estimate of drug-likeness (QED) is 0.767. The van der Waals surface area contributed by atoms with E-state index in [9.17, 15) is 9.90 Å². The predicted molar refractivity (Wildman–Crippen MR) is 99.2 cm³/mol. The smallest absolute Gasteiger partial charge is 0.325 e. The molecule has 1 aliphatic rings. The lowest BCUT2D eigenvalue weighted by atomic mass is 10.0. The molecule has 0 bridgehead atoms. The van der Waals surface area contributed by atoms with E-state index in [2.05, 4.69) is 37.3 Å². The minimum Gasteiger partial charge on any atom is -0.480 e. The van der Waals surface area contributed by atoms with Crippen molar-refractivity contribution in [3.8, 4) is 0 Å². The average molecular weight is 392 g/mol. The first-order valence-corrected chi connectivity index (χ1v) is 8.85. The Labute approximate surface area is 150 Å². The Kier molecular flexibility index (Phi) is 5.08. The maximum atomic E-state index is 12.0. The molecule has 0 radical (unpaired) electrons. The zero-order valence-electron chi connectivity index (χ0n) is 13.8. The van der Waals surface area contributed by atoms with Crippen LogP contribution in [0.15, 0.2) is 41.0 Å². The van der Waals surface area contributed by atoms with Crippen molar-refractivity contribution in [2.45, 2.75) is 13.0 Å². The third-order valence-electron chi connectivity index (χ3n) is 4.47. The summed E-state index contributed by atoms with van der Waals surface area (Å²) in [6.45, 7) is 10.1. The Morgan fingerprint density at radius 1 is 1.38 bits per heavy atom. The van der Waals surface area contributed by atoms with E-state index in [1.165, 1.54) is 0 Å². The van der Waals surface area contributed by atoms with Crippen molar-refractivity contribution in [3.05, 3.63) is 46.6 Å². The fourth-order valence-electron chi connectivity index (χ4n) is 3.39. The highest BCUT2D eigenvalue weighted by Crippen LogP contribution is 2.31. The summed E-state index contributed by atoms with van der Waals surface area (Å²) in [5.41, 5.74) is 2.92. The second-order valence-electron chi connectivity index (χ2n) is 6.44. The SMILES string of the molecule is C=C(C)CN1CCN([C@@H](C(=O)O)c2c[nH]c3ccc(Br)cc23)CC1. The van der Waals surface area contributed by atoms with E-state index in [0.717, 1.165) is 59.2 Å². The normalized spacial score (nSPS) is 17.9. The molecule has 0 spiro atoms. The van der Waals surface area contributed by atoms with Crippen molar-refractivity contribution in [2.75, 3.05) is 32.7 Å². The average Bonchev–Trinajstić information content (AvgIpc) is 2.91. The van der Waals surface area contributed by atoms with Gasteiger partial charge in [0, 0.05) is 59.9 Å². The summed E-state index contributed by atoms with van der Waals surface area (Å²) in [4.78, 5) is 19.6. The van der Waals surface area contributed by atoms with Gasteiger partial charge in [-0.3, -0.25) is 14.6 Å². The van der Waals surface area contributed by atoms with Crippen LogP contribution in [0.3, 0.4) is 0 Å². The van der Waals surface area contributed by atoms with Gasteiger partial charge in [0.25, 0.3) is 0 Å². The zero-order chi connectivity index (χ0) is 17.3. The minimum absolute atomic E-state index is 0.625. The molecule has 24 heavy (non-hydrogen) atoms. The lowest BCUT2D eigenvalue weighted by Crippen LogP contribution is -2.49. The summed E-state index contributed by atoms with van der Waals surface area (Å²) in [5.74, 6) is -0.802. The number of H-pyrrole nitrogens is 1. The first-order chi connectivity index (χ1) is 11.5. The molecule has 2 heterocycles. The zero-order valence-corrected chi connectivity index (χ0v) is 15.3. The van der Waals surface area contributed by atoms with Crippen LogP contribution in [0.2, 0.25) is 0 Å². The molecule has 2 N–H and O–H groups in total. The molecular formula is C18H22BrN3O2. The fourth-order valence-corrected chi connectivity index (χ4v) is 3.75. The largest absolute Gasteiger partial charge is 0.480 e. The molecule has 1 saturated heterocycles. The Morgan fingerprint density at radius 3 is 2.71 bits per heavy atom. The number of carboxylic acids is 1. The van der Waals surface area contributed by atoms with Crippen LogP contribution in [0.5, 0.6) is 0 Å². The second-order valence-corrected chi connectivity index (χ2v) is 7.36. The van der Waals surface area contributed by atoms with Crippen LogP contribution >= 0.6 is 15.9 Å². The molecule has 0 amide bonds. The van der Waals surface area contributed by atoms with E-state index in [1.807, 2.05) is 31.3 Å². The van der Waals surface area contributed by atoms with E-state index in [-0.39, 0.29) is 0 Å². The molecule has 5 nitrogen and oxygen atoms in total. The number of hydrogen-bond acceptors (Lipinski definition) is 3. The van der Waals surface area contributed by atoms with Crippen LogP contribution < -0.4 is 0 Å². The van der Waals surface area contributed by atoms with Gasteiger partial charge in [-0.1, -0.05) is 28.1 Å². The first-order valence-electron chi connectivity index (χ1n) is 8.06. The van der Waals surface area contributed by atoms with Crippen molar-refractivity contribution in [1.82, 2.24) is 14.8 Å². The van der Waals surface area contributed by atoms with Gasteiger partial charge in [-0.25, -0.2) is 0 Å². The third kappa shape index (κ3) is 3.55. The number of aliphatic carboxylic acids is 1. The molecule has 0 unspecified atom stereocenters. The summed E-state index contributed by atoms with van der Waals surface area (Å²) in [5, 5.41) is 10.8.